The van der Waals surface area contributed by atoms with E-state index in [0.29, 0.717) is 0 Å². The van der Waals surface area contributed by atoms with Crippen molar-refractivity contribution in [1.29, 1.82) is 0 Å². The van der Waals surface area contributed by atoms with Crippen molar-refractivity contribution in [3.63, 3.8) is 0 Å². The first-order valence-electron chi connectivity index (χ1n) is 5.60. The first-order chi connectivity index (χ1) is 8.00. The number of rotatable bonds is 0. The van der Waals surface area contributed by atoms with Crippen LogP contribution in [0.5, 0.6) is 0 Å². The first kappa shape index (κ1) is 12.0. The summed E-state index contributed by atoms with van der Waals surface area (Å²) in [7, 11) is 0. The van der Waals surface area contributed by atoms with Gasteiger partial charge in [-0.1, -0.05) is 92.7 Å². The molecule has 3 rings (SSSR count). The highest BCUT2D eigenvalue weighted by Gasteiger charge is 2.38. The number of hydrogen-bond acceptors (Lipinski definition) is 0. The molecule has 0 spiro atoms. The van der Waals surface area contributed by atoms with Gasteiger partial charge >= 0.3 is 0 Å². The van der Waals surface area contributed by atoms with Crippen LogP contribution in [0.3, 0.4) is 0 Å². The summed E-state index contributed by atoms with van der Waals surface area (Å²) < 4.78 is 0.0816. The molecule has 1 aliphatic rings. The number of aryl methyl sites for hydroxylation is 2. The molecule has 17 heavy (non-hydrogen) atoms. The van der Waals surface area contributed by atoms with Crippen molar-refractivity contribution >= 4 is 45.2 Å². The lowest BCUT2D eigenvalue weighted by Gasteiger charge is -2.17. The molecule has 0 radical (unpaired) electrons. The normalized spacial score (nSPS) is 15.5. The van der Waals surface area contributed by atoms with Crippen molar-refractivity contribution in [2.45, 2.75) is 15.3 Å². The van der Waals surface area contributed by atoms with E-state index in [-0.39, 0.29) is 1.43 Å². The molecule has 2 heteroatoms. The summed E-state index contributed by atoms with van der Waals surface area (Å²) in [6.45, 7) is 4.33. The summed E-state index contributed by atoms with van der Waals surface area (Å²) in [6.07, 6.45) is 0. The number of hydrogen-bond donors (Lipinski definition) is 0. The van der Waals surface area contributed by atoms with E-state index in [0.717, 1.165) is 0 Å². The van der Waals surface area contributed by atoms with Crippen LogP contribution in [0, 0.1) is 13.8 Å². The van der Waals surface area contributed by atoms with E-state index in [1.165, 1.54) is 33.4 Å². The van der Waals surface area contributed by atoms with Gasteiger partial charge in [0.05, 0.1) is 0 Å². The van der Waals surface area contributed by atoms with Crippen LogP contribution in [0.25, 0.3) is 11.1 Å². The third-order valence-corrected chi connectivity index (χ3v) is 5.64. The Morgan fingerprint density at radius 1 is 0.765 bits per heavy atom. The molecule has 0 aromatic heterocycles. The van der Waals surface area contributed by atoms with Gasteiger partial charge in [0.2, 0.25) is 0 Å². The van der Waals surface area contributed by atoms with E-state index in [1.807, 2.05) is 0 Å². The SMILES string of the molecule is Cc1ccc2c(c1)C(I)(I)c1cc(C)ccc1-2. The summed E-state index contributed by atoms with van der Waals surface area (Å²) in [5, 5.41) is 0. The van der Waals surface area contributed by atoms with E-state index in [9.17, 15) is 0 Å². The van der Waals surface area contributed by atoms with Crippen LogP contribution in [0.4, 0.5) is 0 Å². The fourth-order valence-corrected chi connectivity index (χ4v) is 4.24. The fourth-order valence-electron chi connectivity index (χ4n) is 2.45. The van der Waals surface area contributed by atoms with Gasteiger partial charge in [0, 0.05) is 0 Å². The van der Waals surface area contributed by atoms with Crippen molar-refractivity contribution < 1.29 is 0 Å². The molecule has 0 atom stereocenters. The highest BCUT2D eigenvalue weighted by atomic mass is 127. The third kappa shape index (κ3) is 1.75. The van der Waals surface area contributed by atoms with Gasteiger partial charge in [0.1, 0.15) is 1.43 Å². The van der Waals surface area contributed by atoms with Crippen molar-refractivity contribution in [3.8, 4) is 11.1 Å². The molecule has 0 amide bonds. The van der Waals surface area contributed by atoms with Crippen molar-refractivity contribution in [2.75, 3.05) is 0 Å². The van der Waals surface area contributed by atoms with E-state index >= 15 is 0 Å². The van der Waals surface area contributed by atoms with Gasteiger partial charge in [-0.3, -0.25) is 0 Å². The second-order valence-electron chi connectivity index (χ2n) is 4.67. The maximum Gasteiger partial charge on any atom is 0.124 e. The minimum atomic E-state index is 0.0816. The monoisotopic (exact) mass is 446 g/mol. The molecular weight excluding hydrogens is 434 g/mol. The Morgan fingerprint density at radius 2 is 1.18 bits per heavy atom. The molecule has 0 saturated carbocycles. The van der Waals surface area contributed by atoms with Crippen molar-refractivity contribution in [1.82, 2.24) is 0 Å². The molecule has 86 valence electrons. The van der Waals surface area contributed by atoms with E-state index in [4.69, 9.17) is 0 Å². The van der Waals surface area contributed by atoms with Gasteiger partial charge in [0.25, 0.3) is 0 Å². The Morgan fingerprint density at radius 3 is 1.59 bits per heavy atom. The zero-order chi connectivity index (χ0) is 12.2. The van der Waals surface area contributed by atoms with Crippen LogP contribution >= 0.6 is 45.2 Å². The Bertz CT molecular complexity index is 559. The van der Waals surface area contributed by atoms with Crippen molar-refractivity contribution in [2.24, 2.45) is 0 Å². The van der Waals surface area contributed by atoms with Gasteiger partial charge in [-0.05, 0) is 36.1 Å². The minimum Gasteiger partial charge on any atom is -0.0587 e. The predicted octanol–water partition coefficient (Wildman–Crippen LogP) is 5.35. The fraction of sp³-hybridized carbons (Fsp3) is 0.200. The van der Waals surface area contributed by atoms with Crippen molar-refractivity contribution in [3.05, 3.63) is 58.7 Å². The minimum absolute atomic E-state index is 0.0816. The summed E-state index contributed by atoms with van der Waals surface area (Å²) >= 11 is 5.14. The maximum absolute atomic E-state index is 2.57. The molecule has 0 unspecified atom stereocenters. The Kier molecular flexibility index (Phi) is 2.78. The van der Waals surface area contributed by atoms with Gasteiger partial charge < -0.3 is 0 Å². The second kappa shape index (κ2) is 3.95. The van der Waals surface area contributed by atoms with Crippen LogP contribution in [0.2, 0.25) is 0 Å². The summed E-state index contributed by atoms with van der Waals surface area (Å²) in [6, 6.07) is 13.6. The van der Waals surface area contributed by atoms with Crippen LogP contribution in [0.15, 0.2) is 36.4 Å². The van der Waals surface area contributed by atoms with Gasteiger partial charge in [-0.25, -0.2) is 0 Å². The lowest BCUT2D eigenvalue weighted by atomic mass is 10.0. The first-order valence-corrected chi connectivity index (χ1v) is 7.76. The molecule has 1 aliphatic carbocycles. The molecule has 0 N–H and O–H groups in total. The van der Waals surface area contributed by atoms with E-state index in [1.54, 1.807) is 0 Å². The second-order valence-corrected chi connectivity index (χ2v) is 9.97. The average molecular weight is 446 g/mol. The third-order valence-electron chi connectivity index (χ3n) is 3.32. The molecule has 0 heterocycles. The molecule has 2 aromatic rings. The Labute approximate surface area is 129 Å². The zero-order valence-corrected chi connectivity index (χ0v) is 14.0. The smallest absolute Gasteiger partial charge is 0.0587 e. The quantitative estimate of drug-likeness (QED) is 0.378. The van der Waals surface area contributed by atoms with Gasteiger partial charge in [-0.15, -0.1) is 0 Å². The van der Waals surface area contributed by atoms with Crippen LogP contribution in [-0.2, 0) is 1.43 Å². The summed E-state index contributed by atoms with van der Waals surface area (Å²) in [5.41, 5.74) is 8.36. The number of halogens is 2. The molecule has 0 bridgehead atoms. The highest BCUT2D eigenvalue weighted by molar-refractivity contribution is 14.2. The standard InChI is InChI=1S/C15H12I2/c1-9-3-5-11-12-6-4-10(2)8-14(12)15(16,17)13(11)7-9/h3-8H,1-2H3. The molecule has 0 fully saturated rings. The Hall–Kier alpha value is -0.100. The van der Waals surface area contributed by atoms with Crippen LogP contribution in [-0.4, -0.2) is 0 Å². The topological polar surface area (TPSA) is 0 Å². The van der Waals surface area contributed by atoms with Crippen LogP contribution < -0.4 is 0 Å². The molecule has 0 saturated heterocycles. The molecule has 2 aromatic carbocycles. The lowest BCUT2D eigenvalue weighted by molar-refractivity contribution is 1.21. The average Bonchev–Trinajstić information content (AvgIpc) is 2.49. The zero-order valence-electron chi connectivity index (χ0n) is 9.72. The molecule has 0 nitrogen and oxygen atoms in total. The van der Waals surface area contributed by atoms with E-state index in [2.05, 4.69) is 95.4 Å². The predicted molar refractivity (Wildman–Crippen MR) is 90.2 cm³/mol. The summed E-state index contributed by atoms with van der Waals surface area (Å²) in [5.74, 6) is 0. The van der Waals surface area contributed by atoms with E-state index < -0.39 is 0 Å². The molecular formula is C15H12I2. The van der Waals surface area contributed by atoms with Gasteiger partial charge in [0.15, 0.2) is 0 Å². The molecule has 0 aliphatic heterocycles. The summed E-state index contributed by atoms with van der Waals surface area (Å²) in [4.78, 5) is 0. The maximum atomic E-state index is 2.57. The Balaban J connectivity index is 2.37. The van der Waals surface area contributed by atoms with Crippen LogP contribution in [0.1, 0.15) is 22.3 Å². The van der Waals surface area contributed by atoms with Gasteiger partial charge in [-0.2, -0.15) is 0 Å². The highest BCUT2D eigenvalue weighted by Crippen LogP contribution is 2.57. The lowest BCUT2D eigenvalue weighted by Crippen LogP contribution is -2.06. The number of alkyl halides is 2. The number of fused-ring (bicyclic) bond motifs is 3. The number of benzene rings is 2. The largest absolute Gasteiger partial charge is 0.124 e.